The lowest BCUT2D eigenvalue weighted by Gasteiger charge is -2.26. The van der Waals surface area contributed by atoms with Crippen molar-refractivity contribution < 1.29 is 9.53 Å². The van der Waals surface area contributed by atoms with E-state index < -0.39 is 5.60 Å². The molecule has 19 heavy (non-hydrogen) atoms. The van der Waals surface area contributed by atoms with Crippen molar-refractivity contribution in [3.8, 4) is 0 Å². The minimum absolute atomic E-state index is 0.298. The van der Waals surface area contributed by atoms with Crippen LogP contribution in [0.2, 0.25) is 0 Å². The highest BCUT2D eigenvalue weighted by Gasteiger charge is 2.27. The molecule has 0 heterocycles. The van der Waals surface area contributed by atoms with Crippen molar-refractivity contribution in [2.75, 3.05) is 21.1 Å². The molecule has 0 bridgehead atoms. The van der Waals surface area contributed by atoms with Crippen molar-refractivity contribution in [1.29, 1.82) is 0 Å². The molecule has 4 heteroatoms. The summed E-state index contributed by atoms with van der Waals surface area (Å²) >= 11 is 0. The number of likely N-dealkylation sites (N-methyl/N-ethyl adjacent to an activating group) is 1. The highest BCUT2D eigenvalue weighted by atomic mass is 16.6. The van der Waals surface area contributed by atoms with Gasteiger partial charge in [0, 0.05) is 27.3 Å². The molecule has 1 rings (SSSR count). The summed E-state index contributed by atoms with van der Waals surface area (Å²) in [6, 6.07) is 0. The summed E-state index contributed by atoms with van der Waals surface area (Å²) in [6.07, 6.45) is 3.76. The van der Waals surface area contributed by atoms with Crippen LogP contribution in [0.15, 0.2) is 23.0 Å². The van der Waals surface area contributed by atoms with Gasteiger partial charge in [-0.15, -0.1) is 0 Å². The second-order valence-corrected chi connectivity index (χ2v) is 6.29. The second kappa shape index (κ2) is 5.68. The topological polar surface area (TPSA) is 32.8 Å². The molecule has 0 saturated carbocycles. The zero-order valence-electron chi connectivity index (χ0n) is 13.2. The molecule has 1 aliphatic rings. The molecule has 0 N–H and O–H groups in total. The van der Waals surface area contributed by atoms with Crippen LogP contribution in [0.5, 0.6) is 0 Å². The van der Waals surface area contributed by atoms with Crippen molar-refractivity contribution >= 4 is 6.09 Å². The van der Waals surface area contributed by atoms with Crippen molar-refractivity contribution in [2.45, 2.75) is 46.1 Å². The molecular formula is C15H26N2O2. The largest absolute Gasteiger partial charge is 0.443 e. The minimum atomic E-state index is -0.468. The molecule has 1 amide bonds. The quantitative estimate of drug-likeness (QED) is 0.768. The first kappa shape index (κ1) is 15.6. The van der Waals surface area contributed by atoms with Crippen LogP contribution in [0, 0.1) is 0 Å². The van der Waals surface area contributed by atoms with Gasteiger partial charge in [-0.2, -0.15) is 0 Å². The monoisotopic (exact) mass is 266 g/mol. The van der Waals surface area contributed by atoms with Crippen molar-refractivity contribution in [2.24, 2.45) is 0 Å². The van der Waals surface area contributed by atoms with Gasteiger partial charge in [-0.05, 0) is 51.7 Å². The fourth-order valence-electron chi connectivity index (χ4n) is 2.19. The van der Waals surface area contributed by atoms with Gasteiger partial charge in [0.15, 0.2) is 0 Å². The molecule has 0 saturated heterocycles. The zero-order chi connectivity index (χ0) is 14.8. The summed E-state index contributed by atoms with van der Waals surface area (Å²) in [5.74, 6) is 0. The molecule has 0 radical (unpaired) electrons. The van der Waals surface area contributed by atoms with Gasteiger partial charge >= 0.3 is 6.09 Å². The van der Waals surface area contributed by atoms with Crippen LogP contribution in [-0.4, -0.2) is 42.6 Å². The number of nitrogens with zero attached hydrogens (tertiary/aromatic N) is 2. The lowest BCUT2D eigenvalue weighted by atomic mass is 10.2. The van der Waals surface area contributed by atoms with E-state index in [0.29, 0.717) is 0 Å². The Balaban J connectivity index is 2.93. The highest BCUT2D eigenvalue weighted by Crippen LogP contribution is 2.33. The number of hydrogen-bond donors (Lipinski definition) is 0. The van der Waals surface area contributed by atoms with E-state index in [4.69, 9.17) is 4.74 Å². The van der Waals surface area contributed by atoms with Gasteiger partial charge in [-0.3, -0.25) is 4.90 Å². The van der Waals surface area contributed by atoms with Gasteiger partial charge < -0.3 is 9.64 Å². The smallest absolute Gasteiger partial charge is 0.414 e. The summed E-state index contributed by atoms with van der Waals surface area (Å²) in [7, 11) is 5.76. The molecular weight excluding hydrogens is 240 g/mol. The highest BCUT2D eigenvalue weighted by molar-refractivity contribution is 5.72. The molecule has 0 aromatic heterocycles. The Bertz CT molecular complexity index is 414. The van der Waals surface area contributed by atoms with Gasteiger partial charge in [0.2, 0.25) is 0 Å². The van der Waals surface area contributed by atoms with Crippen molar-refractivity contribution in [3.63, 3.8) is 0 Å². The van der Waals surface area contributed by atoms with Crippen LogP contribution in [0.25, 0.3) is 0 Å². The molecule has 0 aromatic carbocycles. The molecule has 0 unspecified atom stereocenters. The predicted molar refractivity (Wildman–Crippen MR) is 77.7 cm³/mol. The maximum Gasteiger partial charge on any atom is 0.414 e. The van der Waals surface area contributed by atoms with E-state index in [1.54, 1.807) is 11.9 Å². The third kappa shape index (κ3) is 4.30. The van der Waals surface area contributed by atoms with Gasteiger partial charge in [0.25, 0.3) is 0 Å². The molecule has 0 atom stereocenters. The van der Waals surface area contributed by atoms with Crippen molar-refractivity contribution in [1.82, 2.24) is 9.80 Å². The number of carbonyl (C=O) groups excluding carboxylic acids is 1. The molecule has 0 fully saturated rings. The Morgan fingerprint density at radius 1 is 1.21 bits per heavy atom. The summed E-state index contributed by atoms with van der Waals surface area (Å²) in [5, 5.41) is 0. The lowest BCUT2D eigenvalue weighted by molar-refractivity contribution is 0.0356. The van der Waals surface area contributed by atoms with Crippen LogP contribution in [0.3, 0.4) is 0 Å². The summed E-state index contributed by atoms with van der Waals surface area (Å²) in [6.45, 7) is 7.72. The maximum absolute atomic E-state index is 12.2. The summed E-state index contributed by atoms with van der Waals surface area (Å²) in [4.78, 5) is 15.8. The predicted octanol–water partition coefficient (Wildman–Crippen LogP) is 3.37. The number of hydrogen-bond acceptors (Lipinski definition) is 3. The SMILES string of the molecule is CC1=C(N(C)C(=O)OC(C)(C)C)/C(=C/N(C)C)CC1. The molecule has 1 aliphatic carbocycles. The summed E-state index contributed by atoms with van der Waals surface area (Å²) < 4.78 is 5.43. The van der Waals surface area contributed by atoms with E-state index in [0.717, 1.165) is 18.5 Å². The van der Waals surface area contributed by atoms with Crippen LogP contribution in [-0.2, 0) is 4.74 Å². The first-order chi connectivity index (χ1) is 8.61. The Labute approximate surface area is 116 Å². The van der Waals surface area contributed by atoms with Gasteiger partial charge in [-0.25, -0.2) is 4.79 Å². The lowest BCUT2D eigenvalue weighted by Crippen LogP contribution is -2.34. The number of ether oxygens (including phenoxy) is 1. The average Bonchev–Trinajstić information content (AvgIpc) is 2.55. The second-order valence-electron chi connectivity index (χ2n) is 6.29. The Morgan fingerprint density at radius 3 is 2.26 bits per heavy atom. The van der Waals surface area contributed by atoms with Crippen LogP contribution in [0.4, 0.5) is 4.79 Å². The van der Waals surface area contributed by atoms with E-state index in [-0.39, 0.29) is 6.09 Å². The normalized spacial score (nSPS) is 17.9. The Morgan fingerprint density at radius 2 is 1.79 bits per heavy atom. The van der Waals surface area contributed by atoms with E-state index in [9.17, 15) is 4.79 Å². The average molecular weight is 266 g/mol. The molecule has 4 nitrogen and oxygen atoms in total. The molecule has 0 spiro atoms. The van der Waals surface area contributed by atoms with Gasteiger partial charge in [0.05, 0.1) is 5.70 Å². The van der Waals surface area contributed by atoms with E-state index in [1.165, 1.54) is 11.1 Å². The zero-order valence-corrected chi connectivity index (χ0v) is 13.2. The Kier molecular flexibility index (Phi) is 4.66. The minimum Gasteiger partial charge on any atom is -0.443 e. The third-order valence-corrected chi connectivity index (χ3v) is 2.89. The maximum atomic E-state index is 12.2. The standard InChI is InChI=1S/C15H26N2O2/c1-11-8-9-12(10-16(5)6)13(11)17(7)14(18)19-15(2,3)4/h10H,8-9H2,1-7H3/b12-10+. The molecule has 0 aromatic rings. The number of rotatable bonds is 2. The van der Waals surface area contributed by atoms with E-state index in [2.05, 4.69) is 13.1 Å². The first-order valence-electron chi connectivity index (χ1n) is 6.66. The van der Waals surface area contributed by atoms with E-state index >= 15 is 0 Å². The van der Waals surface area contributed by atoms with Crippen LogP contribution >= 0.6 is 0 Å². The fraction of sp³-hybridized carbons (Fsp3) is 0.667. The number of amides is 1. The Hall–Kier alpha value is -1.45. The van der Waals surface area contributed by atoms with Crippen LogP contribution < -0.4 is 0 Å². The van der Waals surface area contributed by atoms with Crippen LogP contribution in [0.1, 0.15) is 40.5 Å². The van der Waals surface area contributed by atoms with E-state index in [1.807, 2.05) is 39.8 Å². The molecule has 108 valence electrons. The fourth-order valence-corrected chi connectivity index (χ4v) is 2.19. The first-order valence-corrected chi connectivity index (χ1v) is 6.66. The van der Waals surface area contributed by atoms with Crippen molar-refractivity contribution in [3.05, 3.63) is 23.0 Å². The summed E-state index contributed by atoms with van der Waals surface area (Å²) in [5.41, 5.74) is 2.96. The van der Waals surface area contributed by atoms with Gasteiger partial charge in [-0.1, -0.05) is 0 Å². The molecule has 0 aliphatic heterocycles. The third-order valence-electron chi connectivity index (χ3n) is 2.89. The van der Waals surface area contributed by atoms with Gasteiger partial charge in [0.1, 0.15) is 5.60 Å². The number of carbonyl (C=O) groups is 1. The number of allylic oxidation sites excluding steroid dienone is 2.